The Morgan fingerprint density at radius 3 is 2.65 bits per heavy atom. The Hall–Kier alpha value is -2.83. The number of rotatable bonds is 5. The van der Waals surface area contributed by atoms with E-state index in [2.05, 4.69) is 10.3 Å². The molecule has 0 aliphatic rings. The van der Waals surface area contributed by atoms with Gasteiger partial charge >= 0.3 is 0 Å². The normalized spacial score (nSPS) is 9.90. The summed E-state index contributed by atoms with van der Waals surface area (Å²) < 4.78 is 10.6. The number of nitro groups is 1. The second-order valence-corrected chi connectivity index (χ2v) is 3.84. The lowest BCUT2D eigenvalue weighted by Crippen LogP contribution is -1.98. The minimum absolute atomic E-state index is 0.0951. The van der Waals surface area contributed by atoms with Gasteiger partial charge in [-0.2, -0.15) is 4.98 Å². The molecule has 0 saturated heterocycles. The molecule has 0 bridgehead atoms. The van der Waals surface area contributed by atoms with E-state index in [-0.39, 0.29) is 11.6 Å². The molecule has 1 aromatic heterocycles. The lowest BCUT2D eigenvalue weighted by atomic mass is 10.3. The summed E-state index contributed by atoms with van der Waals surface area (Å²) in [5.41, 5.74) is -0.0951. The van der Waals surface area contributed by atoms with Crippen molar-refractivity contribution in [2.45, 2.75) is 0 Å². The zero-order chi connectivity index (χ0) is 14.5. The number of benzene rings is 1. The van der Waals surface area contributed by atoms with Crippen molar-refractivity contribution in [2.75, 3.05) is 19.5 Å². The van der Waals surface area contributed by atoms with Crippen LogP contribution in [0.1, 0.15) is 0 Å². The summed E-state index contributed by atoms with van der Waals surface area (Å²) in [7, 11) is 3.17. The Morgan fingerprint density at radius 1 is 1.25 bits per heavy atom. The maximum atomic E-state index is 10.8. The van der Waals surface area contributed by atoms with E-state index in [0.717, 1.165) is 0 Å². The highest BCUT2D eigenvalue weighted by Gasteiger charge is 2.12. The molecule has 0 aliphatic carbocycles. The molecule has 1 aromatic carbocycles. The number of ether oxygens (including phenoxy) is 2. The Kier molecular flexibility index (Phi) is 3.99. The first-order valence-corrected chi connectivity index (χ1v) is 5.78. The summed E-state index contributed by atoms with van der Waals surface area (Å²) in [6.45, 7) is 0. The van der Waals surface area contributed by atoms with Gasteiger partial charge in [0.05, 0.1) is 24.2 Å². The van der Waals surface area contributed by atoms with Crippen molar-refractivity contribution in [1.29, 1.82) is 0 Å². The first-order valence-electron chi connectivity index (χ1n) is 5.78. The average molecular weight is 275 g/mol. The molecular weight excluding hydrogens is 262 g/mol. The molecule has 0 atom stereocenters. The summed E-state index contributed by atoms with van der Waals surface area (Å²) in [4.78, 5) is 14.5. The molecule has 7 heteroatoms. The summed E-state index contributed by atoms with van der Waals surface area (Å²) in [6.07, 6.45) is 0. The number of hydrogen-bond donors (Lipinski definition) is 1. The number of pyridine rings is 1. The molecule has 0 saturated carbocycles. The van der Waals surface area contributed by atoms with Crippen LogP contribution in [0.25, 0.3) is 0 Å². The molecule has 0 fully saturated rings. The second kappa shape index (κ2) is 5.87. The van der Waals surface area contributed by atoms with E-state index in [4.69, 9.17) is 9.47 Å². The fourth-order valence-electron chi connectivity index (χ4n) is 1.56. The van der Waals surface area contributed by atoms with Gasteiger partial charge in [0, 0.05) is 13.1 Å². The van der Waals surface area contributed by atoms with Gasteiger partial charge in [0.25, 0.3) is 5.69 Å². The van der Waals surface area contributed by atoms with Gasteiger partial charge in [-0.3, -0.25) is 10.1 Å². The minimum Gasteiger partial charge on any atom is -0.497 e. The third-order valence-electron chi connectivity index (χ3n) is 2.52. The van der Waals surface area contributed by atoms with Gasteiger partial charge in [-0.05, 0) is 12.1 Å². The van der Waals surface area contributed by atoms with Crippen molar-refractivity contribution in [3.8, 4) is 17.4 Å². The number of nitrogens with one attached hydrogen (secondary N) is 1. The number of aromatic nitrogens is 1. The van der Waals surface area contributed by atoms with E-state index < -0.39 is 4.92 Å². The van der Waals surface area contributed by atoms with Crippen molar-refractivity contribution < 1.29 is 14.4 Å². The van der Waals surface area contributed by atoms with Gasteiger partial charge in [0.2, 0.25) is 5.88 Å². The zero-order valence-corrected chi connectivity index (χ0v) is 11.0. The molecule has 0 unspecified atom stereocenters. The molecule has 0 aliphatic heterocycles. The quantitative estimate of drug-likeness (QED) is 0.667. The maximum absolute atomic E-state index is 10.8. The lowest BCUT2D eigenvalue weighted by molar-refractivity contribution is -0.384. The number of hydrogen-bond acceptors (Lipinski definition) is 6. The van der Waals surface area contributed by atoms with Crippen LogP contribution < -0.4 is 14.8 Å². The predicted molar refractivity (Wildman–Crippen MR) is 73.5 cm³/mol. The van der Waals surface area contributed by atoms with Gasteiger partial charge in [-0.25, -0.2) is 0 Å². The van der Waals surface area contributed by atoms with Crippen molar-refractivity contribution in [1.82, 2.24) is 4.98 Å². The van der Waals surface area contributed by atoms with Crippen molar-refractivity contribution >= 4 is 11.5 Å². The lowest BCUT2D eigenvalue weighted by Gasteiger charge is -2.08. The van der Waals surface area contributed by atoms with Crippen LogP contribution in [0.2, 0.25) is 0 Å². The number of methoxy groups -OCH3 is 1. The molecule has 0 radical (unpaired) electrons. The molecule has 2 aromatic rings. The molecular formula is C13H13N3O4. The minimum atomic E-state index is -0.499. The van der Waals surface area contributed by atoms with E-state index >= 15 is 0 Å². The Labute approximate surface area is 115 Å². The first kappa shape index (κ1) is 13.6. The van der Waals surface area contributed by atoms with Crippen molar-refractivity contribution in [3.63, 3.8) is 0 Å². The van der Waals surface area contributed by atoms with Crippen molar-refractivity contribution in [2.24, 2.45) is 0 Å². The molecule has 0 spiro atoms. The molecule has 104 valence electrons. The summed E-state index contributed by atoms with van der Waals surface area (Å²) >= 11 is 0. The van der Waals surface area contributed by atoms with Crippen LogP contribution >= 0.6 is 0 Å². The highest BCUT2D eigenvalue weighted by atomic mass is 16.6. The van der Waals surface area contributed by atoms with Crippen LogP contribution in [0.5, 0.6) is 17.4 Å². The van der Waals surface area contributed by atoms with Crippen LogP contribution in [0.3, 0.4) is 0 Å². The smallest absolute Gasteiger partial charge is 0.278 e. The first-order chi connectivity index (χ1) is 9.62. The highest BCUT2D eigenvalue weighted by Crippen LogP contribution is 2.28. The Bertz CT molecular complexity index is 631. The maximum Gasteiger partial charge on any atom is 0.278 e. The van der Waals surface area contributed by atoms with Gasteiger partial charge in [-0.15, -0.1) is 0 Å². The fraction of sp³-hybridized carbons (Fsp3) is 0.154. The molecule has 1 heterocycles. The van der Waals surface area contributed by atoms with Gasteiger partial charge in [0.15, 0.2) is 0 Å². The SMILES string of the molecule is CNc1cc([N+](=O)[O-])cc(Oc2cccc(OC)c2)n1. The van der Waals surface area contributed by atoms with Gasteiger partial charge < -0.3 is 14.8 Å². The highest BCUT2D eigenvalue weighted by molar-refractivity contribution is 5.49. The summed E-state index contributed by atoms with van der Waals surface area (Å²) in [5.74, 6) is 1.61. The van der Waals surface area contributed by atoms with E-state index in [9.17, 15) is 10.1 Å². The standard InChI is InChI=1S/C13H13N3O4/c1-14-12-6-9(16(17)18)7-13(15-12)20-11-5-3-4-10(8-11)19-2/h3-8H,1-2H3,(H,14,15). The molecule has 0 amide bonds. The molecule has 7 nitrogen and oxygen atoms in total. The van der Waals surface area contributed by atoms with Gasteiger partial charge in [-0.1, -0.05) is 6.07 Å². The Balaban J connectivity index is 2.32. The fourth-order valence-corrected chi connectivity index (χ4v) is 1.56. The summed E-state index contributed by atoms with van der Waals surface area (Å²) in [5, 5.41) is 13.6. The van der Waals surface area contributed by atoms with Crippen LogP contribution in [0.4, 0.5) is 11.5 Å². The van der Waals surface area contributed by atoms with Crippen LogP contribution in [-0.4, -0.2) is 24.1 Å². The van der Waals surface area contributed by atoms with Crippen LogP contribution in [0.15, 0.2) is 36.4 Å². The summed E-state index contributed by atoms with van der Waals surface area (Å²) in [6, 6.07) is 9.50. The monoisotopic (exact) mass is 275 g/mol. The molecule has 1 N–H and O–H groups in total. The van der Waals surface area contributed by atoms with E-state index in [0.29, 0.717) is 17.3 Å². The second-order valence-electron chi connectivity index (χ2n) is 3.84. The van der Waals surface area contributed by atoms with Crippen LogP contribution in [-0.2, 0) is 0 Å². The van der Waals surface area contributed by atoms with Crippen LogP contribution in [0, 0.1) is 10.1 Å². The molecule has 20 heavy (non-hydrogen) atoms. The molecule has 2 rings (SSSR count). The van der Waals surface area contributed by atoms with E-state index in [1.54, 1.807) is 38.4 Å². The largest absolute Gasteiger partial charge is 0.497 e. The predicted octanol–water partition coefficient (Wildman–Crippen LogP) is 2.83. The third-order valence-corrected chi connectivity index (χ3v) is 2.52. The van der Waals surface area contributed by atoms with E-state index in [1.165, 1.54) is 12.1 Å². The Morgan fingerprint density at radius 2 is 2.00 bits per heavy atom. The topological polar surface area (TPSA) is 86.5 Å². The average Bonchev–Trinajstić information content (AvgIpc) is 2.47. The van der Waals surface area contributed by atoms with Gasteiger partial charge in [0.1, 0.15) is 17.3 Å². The zero-order valence-electron chi connectivity index (χ0n) is 11.0. The number of anilines is 1. The van der Waals surface area contributed by atoms with E-state index in [1.807, 2.05) is 0 Å². The third kappa shape index (κ3) is 3.14. The van der Waals surface area contributed by atoms with Crippen molar-refractivity contribution in [3.05, 3.63) is 46.5 Å². The number of nitrogens with zero attached hydrogens (tertiary/aromatic N) is 2.